The zero-order chi connectivity index (χ0) is 15.5. The number of ether oxygens (including phenoxy) is 1. The minimum absolute atomic E-state index is 0.0492. The van der Waals surface area contributed by atoms with Crippen LogP contribution in [0.25, 0.3) is 0 Å². The summed E-state index contributed by atoms with van der Waals surface area (Å²) in [5, 5.41) is 10.6. The highest BCUT2D eigenvalue weighted by atomic mass is 16.6. The van der Waals surface area contributed by atoms with Gasteiger partial charge in [-0.25, -0.2) is 4.98 Å². The molecule has 9 heteroatoms. The summed E-state index contributed by atoms with van der Waals surface area (Å²) in [5.41, 5.74) is 0. The molecule has 1 aliphatic rings. The van der Waals surface area contributed by atoms with Crippen molar-refractivity contribution in [3.05, 3.63) is 46.6 Å². The summed E-state index contributed by atoms with van der Waals surface area (Å²) >= 11 is 0. The first-order valence-electron chi connectivity index (χ1n) is 6.59. The Morgan fingerprint density at radius 1 is 1.45 bits per heavy atom. The largest absolute Gasteiger partial charge is 0.471 e. The van der Waals surface area contributed by atoms with E-state index in [0.29, 0.717) is 25.4 Å². The van der Waals surface area contributed by atoms with Crippen LogP contribution in [0.2, 0.25) is 0 Å². The molecule has 3 rings (SSSR count). The molecule has 1 amide bonds. The van der Waals surface area contributed by atoms with Gasteiger partial charge in [-0.2, -0.15) is 0 Å². The maximum atomic E-state index is 12.2. The van der Waals surface area contributed by atoms with Crippen molar-refractivity contribution in [2.75, 3.05) is 13.1 Å². The number of hydrogen-bond donors (Lipinski definition) is 0. The fourth-order valence-corrected chi connectivity index (χ4v) is 2.22. The average molecular weight is 304 g/mol. The maximum absolute atomic E-state index is 12.2. The fourth-order valence-electron chi connectivity index (χ4n) is 2.22. The molecular weight excluding hydrogens is 292 g/mol. The molecule has 1 fully saturated rings. The van der Waals surface area contributed by atoms with Gasteiger partial charge < -0.3 is 14.1 Å². The number of aromatic nitrogens is 2. The van der Waals surface area contributed by atoms with Gasteiger partial charge in [0.15, 0.2) is 5.76 Å². The van der Waals surface area contributed by atoms with Crippen molar-refractivity contribution in [1.29, 1.82) is 0 Å². The third kappa shape index (κ3) is 2.87. The van der Waals surface area contributed by atoms with Crippen molar-refractivity contribution in [2.24, 2.45) is 0 Å². The van der Waals surface area contributed by atoms with Crippen LogP contribution in [0.5, 0.6) is 5.88 Å². The van der Waals surface area contributed by atoms with E-state index in [1.54, 1.807) is 6.20 Å². The lowest BCUT2D eigenvalue weighted by Crippen LogP contribution is -2.30. The highest BCUT2D eigenvalue weighted by Crippen LogP contribution is 2.21. The Bertz CT molecular complexity index is 687. The van der Waals surface area contributed by atoms with Crippen molar-refractivity contribution in [1.82, 2.24) is 14.9 Å². The van der Waals surface area contributed by atoms with Gasteiger partial charge in [0.1, 0.15) is 11.0 Å². The Morgan fingerprint density at radius 3 is 3.00 bits per heavy atom. The molecule has 2 aromatic rings. The molecular formula is C13H12N4O5. The third-order valence-corrected chi connectivity index (χ3v) is 3.24. The van der Waals surface area contributed by atoms with Crippen LogP contribution in [0.4, 0.5) is 5.88 Å². The van der Waals surface area contributed by atoms with Crippen molar-refractivity contribution in [2.45, 2.75) is 12.5 Å². The summed E-state index contributed by atoms with van der Waals surface area (Å²) in [5.74, 6) is -0.490. The van der Waals surface area contributed by atoms with Crippen LogP contribution in [-0.4, -0.2) is 44.9 Å². The standard InChI is InChI=1S/C13H12N4O5/c18-13(10-1-2-12(22-10)17(19)20)16-6-3-9(8-16)21-11-7-14-4-5-15-11/h1-2,4-5,7,9H,3,6,8H2. The van der Waals surface area contributed by atoms with Crippen molar-refractivity contribution in [3.63, 3.8) is 0 Å². The van der Waals surface area contributed by atoms with Crippen LogP contribution in [0.15, 0.2) is 35.1 Å². The number of nitro groups is 1. The second kappa shape index (κ2) is 5.80. The summed E-state index contributed by atoms with van der Waals surface area (Å²) in [4.78, 5) is 31.5. The van der Waals surface area contributed by atoms with Gasteiger partial charge in [-0.3, -0.25) is 19.9 Å². The number of nitrogens with zero attached hydrogens (tertiary/aromatic N) is 4. The molecule has 1 saturated heterocycles. The smallest absolute Gasteiger partial charge is 0.433 e. The van der Waals surface area contributed by atoms with Crippen molar-refractivity contribution in [3.8, 4) is 5.88 Å². The van der Waals surface area contributed by atoms with E-state index in [0.717, 1.165) is 6.07 Å². The lowest BCUT2D eigenvalue weighted by atomic mass is 10.3. The Kier molecular flexibility index (Phi) is 3.69. The number of hydrogen-bond acceptors (Lipinski definition) is 7. The minimum atomic E-state index is -0.680. The molecule has 22 heavy (non-hydrogen) atoms. The van der Waals surface area contributed by atoms with Crippen molar-refractivity contribution >= 4 is 11.8 Å². The van der Waals surface area contributed by atoms with Crippen LogP contribution >= 0.6 is 0 Å². The highest BCUT2D eigenvalue weighted by molar-refractivity contribution is 5.92. The van der Waals surface area contributed by atoms with E-state index < -0.39 is 16.7 Å². The first kappa shape index (κ1) is 14.0. The predicted octanol–water partition coefficient (Wildman–Crippen LogP) is 1.27. The minimum Gasteiger partial charge on any atom is -0.471 e. The molecule has 0 aromatic carbocycles. The Labute approximate surface area is 124 Å². The molecule has 0 saturated carbocycles. The van der Waals surface area contributed by atoms with Crippen LogP contribution in [-0.2, 0) is 0 Å². The molecule has 0 radical (unpaired) electrons. The van der Waals surface area contributed by atoms with E-state index in [1.165, 1.54) is 23.4 Å². The zero-order valence-electron chi connectivity index (χ0n) is 11.4. The summed E-state index contributed by atoms with van der Waals surface area (Å²) in [7, 11) is 0. The van der Waals surface area contributed by atoms with Crippen LogP contribution in [0.1, 0.15) is 17.0 Å². The monoisotopic (exact) mass is 304 g/mol. The third-order valence-electron chi connectivity index (χ3n) is 3.24. The van der Waals surface area contributed by atoms with E-state index in [2.05, 4.69) is 9.97 Å². The number of amides is 1. The fraction of sp³-hybridized carbons (Fsp3) is 0.308. The molecule has 114 valence electrons. The quantitative estimate of drug-likeness (QED) is 0.617. The van der Waals surface area contributed by atoms with E-state index in [4.69, 9.17) is 9.15 Å². The van der Waals surface area contributed by atoms with Gasteiger partial charge in [0.25, 0.3) is 5.91 Å². The van der Waals surface area contributed by atoms with Crippen LogP contribution in [0, 0.1) is 10.1 Å². The molecule has 1 atom stereocenters. The topological polar surface area (TPSA) is 112 Å². The van der Waals surface area contributed by atoms with Gasteiger partial charge in [0.05, 0.1) is 18.8 Å². The molecule has 1 aliphatic heterocycles. The Morgan fingerprint density at radius 2 is 2.32 bits per heavy atom. The lowest BCUT2D eigenvalue weighted by Gasteiger charge is -2.15. The van der Waals surface area contributed by atoms with Gasteiger partial charge in [-0.05, 0) is 6.07 Å². The maximum Gasteiger partial charge on any atom is 0.433 e. The molecule has 2 aromatic heterocycles. The molecule has 0 spiro atoms. The molecule has 0 N–H and O–H groups in total. The normalized spacial score (nSPS) is 17.5. The van der Waals surface area contributed by atoms with Gasteiger partial charge >= 0.3 is 5.88 Å². The summed E-state index contributed by atoms with van der Waals surface area (Å²) in [6.07, 6.45) is 5.02. The molecule has 3 heterocycles. The van der Waals surface area contributed by atoms with Gasteiger partial charge in [-0.15, -0.1) is 0 Å². The predicted molar refractivity (Wildman–Crippen MR) is 72.3 cm³/mol. The molecule has 1 unspecified atom stereocenters. The molecule has 9 nitrogen and oxygen atoms in total. The summed E-state index contributed by atoms with van der Waals surface area (Å²) in [6.45, 7) is 0.849. The van der Waals surface area contributed by atoms with E-state index in [9.17, 15) is 14.9 Å². The van der Waals surface area contributed by atoms with Gasteiger partial charge in [0, 0.05) is 25.4 Å². The number of rotatable bonds is 4. The molecule has 0 bridgehead atoms. The highest BCUT2D eigenvalue weighted by Gasteiger charge is 2.31. The average Bonchev–Trinajstić information content (AvgIpc) is 3.17. The van der Waals surface area contributed by atoms with Crippen LogP contribution in [0.3, 0.4) is 0 Å². The van der Waals surface area contributed by atoms with Crippen LogP contribution < -0.4 is 4.74 Å². The number of likely N-dealkylation sites (tertiary alicyclic amines) is 1. The Hall–Kier alpha value is -2.97. The van der Waals surface area contributed by atoms with Crippen molar-refractivity contribution < 1.29 is 18.9 Å². The first-order chi connectivity index (χ1) is 10.6. The summed E-state index contributed by atoms with van der Waals surface area (Å²) in [6, 6.07) is 2.47. The summed E-state index contributed by atoms with van der Waals surface area (Å²) < 4.78 is 10.5. The number of carbonyl (C=O) groups is 1. The van der Waals surface area contributed by atoms with E-state index in [-0.39, 0.29) is 11.9 Å². The lowest BCUT2D eigenvalue weighted by molar-refractivity contribution is -0.402. The zero-order valence-corrected chi connectivity index (χ0v) is 11.4. The van der Waals surface area contributed by atoms with Gasteiger partial charge in [-0.1, -0.05) is 0 Å². The van der Waals surface area contributed by atoms with E-state index in [1.807, 2.05) is 0 Å². The molecule has 0 aliphatic carbocycles. The first-order valence-corrected chi connectivity index (χ1v) is 6.59. The van der Waals surface area contributed by atoms with E-state index >= 15 is 0 Å². The second-order valence-electron chi connectivity index (χ2n) is 4.72. The van der Waals surface area contributed by atoms with Gasteiger partial charge in [0.2, 0.25) is 5.88 Å². The SMILES string of the molecule is O=C(c1ccc([N+](=O)[O-])o1)N1CCC(Oc2cnccn2)C1. The number of furan rings is 1. The second-order valence-corrected chi connectivity index (χ2v) is 4.72. The Balaban J connectivity index is 1.62. The number of carbonyl (C=O) groups excluding carboxylic acids is 1.